The number of pyridine rings is 1. The number of halogens is 2. The topological polar surface area (TPSA) is 76.1 Å². The monoisotopic (exact) mass is 422 g/mol. The fourth-order valence-corrected chi connectivity index (χ4v) is 4.06. The number of nitrogens with one attached hydrogen (secondary N) is 1. The van der Waals surface area contributed by atoms with Crippen LogP contribution in [0.3, 0.4) is 0 Å². The summed E-state index contributed by atoms with van der Waals surface area (Å²) in [6, 6.07) is 14.3. The molecule has 1 N–H and O–H groups in total. The van der Waals surface area contributed by atoms with Crippen LogP contribution in [0.4, 0.5) is 14.5 Å². The molecule has 1 amide bonds. The first-order chi connectivity index (χ1) is 13.3. The largest absolute Gasteiger partial charge is 0.341 e. The number of anilines is 1. The van der Waals surface area contributed by atoms with Crippen LogP contribution in [0.5, 0.6) is 0 Å². The fraction of sp³-hybridized carbons (Fsp3) is 0.158. The molecule has 0 radical (unpaired) electrons. The molecule has 0 aliphatic carbocycles. The highest BCUT2D eigenvalue weighted by molar-refractivity contribution is 7.99. The number of rotatable bonds is 6. The molecule has 0 spiro atoms. The van der Waals surface area contributed by atoms with Crippen LogP contribution in [-0.2, 0) is 14.6 Å². The Morgan fingerprint density at radius 1 is 1.14 bits per heavy atom. The summed E-state index contributed by atoms with van der Waals surface area (Å²) in [7, 11) is -4.65. The summed E-state index contributed by atoms with van der Waals surface area (Å²) in [6.07, 6.45) is 0. The van der Waals surface area contributed by atoms with Crippen LogP contribution in [0.15, 0.2) is 64.5 Å². The number of para-hydroxylation sites is 1. The van der Waals surface area contributed by atoms with E-state index in [0.29, 0.717) is 10.7 Å². The first-order valence-electron chi connectivity index (χ1n) is 8.18. The van der Waals surface area contributed by atoms with E-state index >= 15 is 0 Å². The summed E-state index contributed by atoms with van der Waals surface area (Å²) in [6.45, 7) is 1.98. The van der Waals surface area contributed by atoms with Crippen molar-refractivity contribution in [2.45, 2.75) is 22.6 Å². The van der Waals surface area contributed by atoms with Gasteiger partial charge in [0.05, 0.1) is 21.2 Å². The van der Waals surface area contributed by atoms with Gasteiger partial charge in [0.25, 0.3) is 0 Å². The molecule has 0 atom stereocenters. The molecule has 146 valence electrons. The molecule has 0 fully saturated rings. The van der Waals surface area contributed by atoms with Crippen LogP contribution in [-0.4, -0.2) is 30.8 Å². The molecule has 1 aromatic heterocycles. The van der Waals surface area contributed by atoms with Crippen molar-refractivity contribution < 1.29 is 22.0 Å². The van der Waals surface area contributed by atoms with Crippen LogP contribution < -0.4 is 5.32 Å². The van der Waals surface area contributed by atoms with Gasteiger partial charge >= 0.3 is 5.76 Å². The first kappa shape index (κ1) is 20.2. The maximum atomic E-state index is 12.5. The second-order valence-electron chi connectivity index (χ2n) is 5.96. The van der Waals surface area contributed by atoms with Gasteiger partial charge in [0.15, 0.2) is 0 Å². The number of carbonyl (C=O) groups is 1. The number of aryl methyl sites for hydroxylation is 1. The molecule has 0 bridgehead atoms. The minimum Gasteiger partial charge on any atom is -0.325 e. The Hall–Kier alpha value is -2.52. The molecule has 1 heterocycles. The molecule has 5 nitrogen and oxygen atoms in total. The lowest BCUT2D eigenvalue weighted by Crippen LogP contribution is -2.15. The summed E-state index contributed by atoms with van der Waals surface area (Å²) in [4.78, 5) is 16.1. The van der Waals surface area contributed by atoms with E-state index < -0.39 is 20.5 Å². The van der Waals surface area contributed by atoms with E-state index in [9.17, 15) is 22.0 Å². The zero-order chi connectivity index (χ0) is 20.3. The molecular formula is C19H16F2N2O3S2. The Bertz CT molecular complexity index is 1120. The molecule has 2 aromatic carbocycles. The van der Waals surface area contributed by atoms with Crippen molar-refractivity contribution in [3.05, 3.63) is 60.2 Å². The Morgan fingerprint density at radius 2 is 1.82 bits per heavy atom. The normalized spacial score (nSPS) is 11.7. The van der Waals surface area contributed by atoms with Gasteiger partial charge in [0.2, 0.25) is 15.7 Å². The van der Waals surface area contributed by atoms with Gasteiger partial charge in [-0.25, -0.2) is 13.4 Å². The summed E-state index contributed by atoms with van der Waals surface area (Å²) >= 11 is 1.27. The highest BCUT2D eigenvalue weighted by Gasteiger charge is 2.26. The number of hydrogen-bond acceptors (Lipinski definition) is 5. The second-order valence-corrected chi connectivity index (χ2v) is 8.87. The Kier molecular flexibility index (Phi) is 5.95. The number of fused-ring (bicyclic) bond motifs is 1. The van der Waals surface area contributed by atoms with Gasteiger partial charge in [-0.1, -0.05) is 30.0 Å². The SMILES string of the molecule is Cc1cc(SCC(=O)Nc2ccc(S(=O)(=O)C(F)F)cc2)nc2ccccc12. The molecule has 28 heavy (non-hydrogen) atoms. The third-order valence-corrected chi connectivity index (χ3v) is 6.26. The van der Waals surface area contributed by atoms with E-state index in [0.717, 1.165) is 28.6 Å². The van der Waals surface area contributed by atoms with E-state index in [1.807, 2.05) is 37.3 Å². The van der Waals surface area contributed by atoms with Crippen molar-refractivity contribution >= 4 is 44.1 Å². The number of benzene rings is 2. The number of carbonyl (C=O) groups excluding carboxylic acids is 1. The van der Waals surface area contributed by atoms with Gasteiger partial charge in [0, 0.05) is 11.1 Å². The van der Waals surface area contributed by atoms with Gasteiger partial charge < -0.3 is 5.32 Å². The lowest BCUT2D eigenvalue weighted by molar-refractivity contribution is -0.113. The smallest absolute Gasteiger partial charge is 0.325 e. The molecule has 0 aliphatic heterocycles. The third kappa shape index (κ3) is 4.48. The number of aromatic nitrogens is 1. The predicted molar refractivity (Wildman–Crippen MR) is 105 cm³/mol. The molecule has 9 heteroatoms. The number of alkyl halides is 2. The number of hydrogen-bond donors (Lipinski definition) is 1. The van der Waals surface area contributed by atoms with Crippen LogP contribution in [0.2, 0.25) is 0 Å². The molecule has 0 aliphatic rings. The zero-order valence-electron chi connectivity index (χ0n) is 14.7. The molecule has 3 aromatic rings. The van der Waals surface area contributed by atoms with Crippen molar-refractivity contribution in [1.82, 2.24) is 4.98 Å². The van der Waals surface area contributed by atoms with Crippen molar-refractivity contribution in [3.8, 4) is 0 Å². The second kappa shape index (κ2) is 8.24. The van der Waals surface area contributed by atoms with E-state index in [2.05, 4.69) is 10.3 Å². The van der Waals surface area contributed by atoms with Crippen molar-refractivity contribution in [2.75, 3.05) is 11.1 Å². The van der Waals surface area contributed by atoms with Crippen LogP contribution in [0, 0.1) is 6.92 Å². The van der Waals surface area contributed by atoms with Gasteiger partial charge in [-0.05, 0) is 48.9 Å². The van der Waals surface area contributed by atoms with Gasteiger partial charge in [0.1, 0.15) is 0 Å². The molecule has 0 saturated heterocycles. The van der Waals surface area contributed by atoms with Crippen LogP contribution in [0.1, 0.15) is 5.56 Å². The molecular weight excluding hydrogens is 406 g/mol. The molecule has 3 rings (SSSR count). The van der Waals surface area contributed by atoms with Crippen molar-refractivity contribution in [2.24, 2.45) is 0 Å². The number of nitrogens with zero attached hydrogens (tertiary/aromatic N) is 1. The molecule has 0 unspecified atom stereocenters. The van der Waals surface area contributed by atoms with Gasteiger partial charge in [-0.3, -0.25) is 4.79 Å². The van der Waals surface area contributed by atoms with Crippen LogP contribution >= 0.6 is 11.8 Å². The quantitative estimate of drug-likeness (QED) is 0.601. The first-order valence-corrected chi connectivity index (χ1v) is 10.7. The van der Waals surface area contributed by atoms with E-state index in [-0.39, 0.29) is 11.7 Å². The van der Waals surface area contributed by atoms with Gasteiger partial charge in [-0.2, -0.15) is 8.78 Å². The number of thioether (sulfide) groups is 1. The van der Waals surface area contributed by atoms with E-state index in [4.69, 9.17) is 0 Å². The Morgan fingerprint density at radius 3 is 2.50 bits per heavy atom. The lowest BCUT2D eigenvalue weighted by Gasteiger charge is -2.08. The third-order valence-electron chi connectivity index (χ3n) is 3.95. The number of sulfone groups is 1. The highest BCUT2D eigenvalue weighted by Crippen LogP contribution is 2.24. The Balaban J connectivity index is 1.63. The highest BCUT2D eigenvalue weighted by atomic mass is 32.2. The van der Waals surface area contributed by atoms with E-state index in [1.165, 1.54) is 23.9 Å². The summed E-state index contributed by atoms with van der Waals surface area (Å²) in [5.41, 5.74) is 2.23. The Labute approximate surface area is 165 Å². The summed E-state index contributed by atoms with van der Waals surface area (Å²) in [5.74, 6) is -3.70. The van der Waals surface area contributed by atoms with Crippen molar-refractivity contribution in [3.63, 3.8) is 0 Å². The minimum atomic E-state index is -4.65. The maximum absolute atomic E-state index is 12.5. The molecule has 0 saturated carbocycles. The average molecular weight is 422 g/mol. The minimum absolute atomic E-state index is 0.0991. The predicted octanol–water partition coefficient (Wildman–Crippen LogP) is 4.27. The lowest BCUT2D eigenvalue weighted by atomic mass is 10.1. The van der Waals surface area contributed by atoms with Crippen LogP contribution in [0.25, 0.3) is 10.9 Å². The average Bonchev–Trinajstić information content (AvgIpc) is 2.67. The van der Waals surface area contributed by atoms with Crippen molar-refractivity contribution in [1.29, 1.82) is 0 Å². The number of amides is 1. The summed E-state index contributed by atoms with van der Waals surface area (Å²) < 4.78 is 47.9. The van der Waals surface area contributed by atoms with E-state index in [1.54, 1.807) is 0 Å². The fourth-order valence-electron chi connectivity index (χ4n) is 2.56. The maximum Gasteiger partial charge on any atom is 0.341 e. The summed E-state index contributed by atoms with van der Waals surface area (Å²) in [5, 5.41) is 4.37. The zero-order valence-corrected chi connectivity index (χ0v) is 16.4. The van der Waals surface area contributed by atoms with Gasteiger partial charge in [-0.15, -0.1) is 0 Å². The standard InChI is InChI=1S/C19H16F2N2O3S2/c1-12-10-18(23-16-5-3-2-4-15(12)16)27-11-17(24)22-13-6-8-14(9-7-13)28(25,26)19(20)21/h2-10,19H,11H2,1H3,(H,22,24).